The van der Waals surface area contributed by atoms with Crippen LogP contribution in [-0.4, -0.2) is 31.4 Å². The summed E-state index contributed by atoms with van der Waals surface area (Å²) in [6, 6.07) is 3.91. The number of aromatic nitrogens is 4. The van der Waals surface area contributed by atoms with Gasteiger partial charge >= 0.3 is 0 Å². The van der Waals surface area contributed by atoms with Crippen molar-refractivity contribution in [2.24, 2.45) is 0 Å². The Hall–Kier alpha value is -2.18. The normalized spacial score (nSPS) is 14.6. The fourth-order valence-electron chi connectivity index (χ4n) is 3.07. The van der Waals surface area contributed by atoms with Crippen molar-refractivity contribution in [1.29, 1.82) is 0 Å². The molecule has 0 fully saturated rings. The first-order valence-corrected chi connectivity index (χ1v) is 8.91. The summed E-state index contributed by atoms with van der Waals surface area (Å²) in [6.45, 7) is 7.05. The first-order chi connectivity index (χ1) is 11.7. The second kappa shape index (κ2) is 6.37. The van der Waals surface area contributed by atoms with E-state index in [1.165, 1.54) is 10.4 Å². The lowest BCUT2D eigenvalue weighted by Gasteiger charge is -2.27. The lowest BCUT2D eigenvalue weighted by Crippen LogP contribution is -2.30. The van der Waals surface area contributed by atoms with Crippen LogP contribution in [0.1, 0.15) is 26.8 Å². The number of nitrogens with zero attached hydrogens (tertiary/aromatic N) is 5. The van der Waals surface area contributed by atoms with Crippen molar-refractivity contribution in [2.45, 2.75) is 33.4 Å². The van der Waals surface area contributed by atoms with Gasteiger partial charge < -0.3 is 0 Å². The van der Waals surface area contributed by atoms with Gasteiger partial charge in [0.15, 0.2) is 5.82 Å². The Balaban J connectivity index is 1.53. The zero-order valence-corrected chi connectivity index (χ0v) is 14.7. The third-order valence-electron chi connectivity index (χ3n) is 4.30. The van der Waals surface area contributed by atoms with Gasteiger partial charge in [0.05, 0.1) is 16.4 Å². The van der Waals surface area contributed by atoms with Gasteiger partial charge in [0.1, 0.15) is 0 Å². The topological polar surface area (TPSA) is 54.8 Å². The number of fused-ring (bicyclic) bond motifs is 1. The van der Waals surface area contributed by atoms with Gasteiger partial charge in [-0.1, -0.05) is 0 Å². The van der Waals surface area contributed by atoms with Gasteiger partial charge in [-0.25, -0.2) is 15.0 Å². The van der Waals surface area contributed by atoms with Crippen LogP contribution in [0.5, 0.6) is 0 Å². The van der Waals surface area contributed by atoms with Crippen LogP contribution in [0.25, 0.3) is 11.4 Å². The smallest absolute Gasteiger partial charge is 0.160 e. The molecule has 122 valence electrons. The summed E-state index contributed by atoms with van der Waals surface area (Å²) in [5, 5.41) is 1.14. The molecular weight excluding hydrogens is 318 g/mol. The summed E-state index contributed by atoms with van der Waals surface area (Å²) in [5.74, 6) is 0.768. The SMILES string of the molecule is Cc1nc(C)c(CN2CCc3nc(-c4cccnc4)ncc3C2)s1. The first kappa shape index (κ1) is 15.4. The quantitative estimate of drug-likeness (QED) is 0.735. The standard InChI is InChI=1S/C18H19N5S/c1-12-17(24-13(2)21-12)11-23-7-5-16-15(10-23)9-20-18(22-16)14-4-3-6-19-8-14/h3-4,6,8-9H,5,7,10-11H2,1-2H3. The van der Waals surface area contributed by atoms with Gasteiger partial charge in [-0.15, -0.1) is 11.3 Å². The van der Waals surface area contributed by atoms with Crippen LogP contribution in [0.2, 0.25) is 0 Å². The first-order valence-electron chi connectivity index (χ1n) is 8.09. The van der Waals surface area contributed by atoms with E-state index in [1.54, 1.807) is 17.5 Å². The van der Waals surface area contributed by atoms with E-state index in [-0.39, 0.29) is 0 Å². The molecule has 0 aliphatic carbocycles. The van der Waals surface area contributed by atoms with Gasteiger partial charge in [0.25, 0.3) is 0 Å². The summed E-state index contributed by atoms with van der Waals surface area (Å²) >= 11 is 1.80. The molecule has 1 aliphatic rings. The van der Waals surface area contributed by atoms with E-state index in [9.17, 15) is 0 Å². The zero-order valence-electron chi connectivity index (χ0n) is 13.9. The van der Waals surface area contributed by atoms with Crippen molar-refractivity contribution in [1.82, 2.24) is 24.8 Å². The van der Waals surface area contributed by atoms with E-state index in [0.717, 1.165) is 53.8 Å². The molecule has 0 bridgehead atoms. The third-order valence-corrected chi connectivity index (χ3v) is 5.36. The minimum absolute atomic E-state index is 0.768. The number of rotatable bonds is 3. The Morgan fingerprint density at radius 2 is 2.12 bits per heavy atom. The summed E-state index contributed by atoms with van der Waals surface area (Å²) in [5.41, 5.74) is 4.52. The van der Waals surface area contributed by atoms with E-state index in [2.05, 4.69) is 33.7 Å². The molecule has 0 N–H and O–H groups in total. The molecule has 0 spiro atoms. The molecule has 6 heteroatoms. The summed E-state index contributed by atoms with van der Waals surface area (Å²) in [7, 11) is 0. The molecule has 24 heavy (non-hydrogen) atoms. The van der Waals surface area contributed by atoms with Crippen molar-refractivity contribution in [2.75, 3.05) is 6.54 Å². The Morgan fingerprint density at radius 1 is 1.21 bits per heavy atom. The predicted octanol–water partition coefficient (Wildman–Crippen LogP) is 3.17. The van der Waals surface area contributed by atoms with Crippen molar-refractivity contribution < 1.29 is 0 Å². The van der Waals surface area contributed by atoms with Gasteiger partial charge in [0.2, 0.25) is 0 Å². The highest BCUT2D eigenvalue weighted by Gasteiger charge is 2.20. The third kappa shape index (κ3) is 3.07. The zero-order chi connectivity index (χ0) is 16.5. The van der Waals surface area contributed by atoms with Crippen LogP contribution in [0.15, 0.2) is 30.7 Å². The molecule has 0 saturated heterocycles. The highest BCUT2D eigenvalue weighted by Crippen LogP contribution is 2.24. The average Bonchev–Trinajstić information content (AvgIpc) is 2.92. The van der Waals surface area contributed by atoms with E-state index >= 15 is 0 Å². The molecule has 0 radical (unpaired) electrons. The summed E-state index contributed by atoms with van der Waals surface area (Å²) in [6.07, 6.45) is 6.51. The van der Waals surface area contributed by atoms with Crippen LogP contribution in [-0.2, 0) is 19.5 Å². The Bertz CT molecular complexity index is 859. The highest BCUT2D eigenvalue weighted by molar-refractivity contribution is 7.11. The van der Waals surface area contributed by atoms with Crippen LogP contribution < -0.4 is 0 Å². The lowest BCUT2D eigenvalue weighted by atomic mass is 10.1. The van der Waals surface area contributed by atoms with E-state index in [1.807, 2.05) is 24.5 Å². The number of thiazole rings is 1. The van der Waals surface area contributed by atoms with E-state index < -0.39 is 0 Å². The fraction of sp³-hybridized carbons (Fsp3) is 0.333. The van der Waals surface area contributed by atoms with Crippen LogP contribution >= 0.6 is 11.3 Å². The molecule has 3 aromatic heterocycles. The number of hydrogen-bond donors (Lipinski definition) is 0. The van der Waals surface area contributed by atoms with Crippen LogP contribution in [0.3, 0.4) is 0 Å². The lowest BCUT2D eigenvalue weighted by molar-refractivity contribution is 0.244. The van der Waals surface area contributed by atoms with Crippen molar-refractivity contribution in [3.8, 4) is 11.4 Å². The van der Waals surface area contributed by atoms with Crippen LogP contribution in [0, 0.1) is 13.8 Å². The van der Waals surface area contributed by atoms with Crippen molar-refractivity contribution >= 4 is 11.3 Å². The van der Waals surface area contributed by atoms with E-state index in [0.29, 0.717) is 0 Å². The van der Waals surface area contributed by atoms with Crippen molar-refractivity contribution in [3.63, 3.8) is 0 Å². The predicted molar refractivity (Wildman–Crippen MR) is 94.7 cm³/mol. The maximum atomic E-state index is 4.76. The minimum Gasteiger partial charge on any atom is -0.293 e. The van der Waals surface area contributed by atoms with Gasteiger partial charge in [-0.3, -0.25) is 9.88 Å². The van der Waals surface area contributed by atoms with Crippen molar-refractivity contribution in [3.05, 3.63) is 57.6 Å². The largest absolute Gasteiger partial charge is 0.293 e. The molecule has 0 saturated carbocycles. The monoisotopic (exact) mass is 337 g/mol. The fourth-order valence-corrected chi connectivity index (χ4v) is 4.05. The van der Waals surface area contributed by atoms with Gasteiger partial charge in [-0.05, 0) is 26.0 Å². The maximum Gasteiger partial charge on any atom is 0.160 e. The second-order valence-corrected chi connectivity index (χ2v) is 7.40. The highest BCUT2D eigenvalue weighted by atomic mass is 32.1. The Labute approximate surface area is 145 Å². The van der Waals surface area contributed by atoms with Gasteiger partial charge in [-0.2, -0.15) is 0 Å². The molecule has 4 rings (SSSR count). The molecule has 1 aliphatic heterocycles. The second-order valence-electron chi connectivity index (χ2n) is 6.11. The number of pyridine rings is 1. The summed E-state index contributed by atoms with van der Waals surface area (Å²) in [4.78, 5) is 21.8. The molecular formula is C18H19N5S. The molecule has 0 atom stereocenters. The average molecular weight is 337 g/mol. The molecule has 4 heterocycles. The maximum absolute atomic E-state index is 4.76. The molecule has 3 aromatic rings. The summed E-state index contributed by atoms with van der Waals surface area (Å²) < 4.78 is 0. The minimum atomic E-state index is 0.768. The molecule has 0 unspecified atom stereocenters. The molecule has 5 nitrogen and oxygen atoms in total. The molecule has 0 aromatic carbocycles. The van der Waals surface area contributed by atoms with E-state index in [4.69, 9.17) is 4.98 Å². The van der Waals surface area contributed by atoms with Crippen LogP contribution in [0.4, 0.5) is 0 Å². The Morgan fingerprint density at radius 3 is 2.88 bits per heavy atom. The van der Waals surface area contributed by atoms with Gasteiger partial charge in [0, 0.05) is 60.6 Å². The molecule has 0 amide bonds. The number of hydrogen-bond acceptors (Lipinski definition) is 6. The number of aryl methyl sites for hydroxylation is 2. The Kier molecular flexibility index (Phi) is 4.08.